The van der Waals surface area contributed by atoms with Crippen LogP contribution in [0, 0.1) is 17.2 Å². The second kappa shape index (κ2) is 5.58. The van der Waals surface area contributed by atoms with Crippen LogP contribution >= 0.6 is 11.8 Å². The van der Waals surface area contributed by atoms with E-state index in [0.717, 1.165) is 18.6 Å². The van der Waals surface area contributed by atoms with Crippen LogP contribution in [0.2, 0.25) is 0 Å². The number of carbonyl (C=O) groups is 1. The molecule has 4 heteroatoms. The summed E-state index contributed by atoms with van der Waals surface area (Å²) in [5.41, 5.74) is 0.591. The Balaban J connectivity index is 1.48. The molecule has 2 aromatic carbocycles. The SMILES string of the molecule is N#C[C@]1(NC(=O)[C@H]2C[C@H]2c2ccc3ccccc3c2)CCSC1. The summed E-state index contributed by atoms with van der Waals surface area (Å²) in [4.78, 5) is 12.5. The highest BCUT2D eigenvalue weighted by Crippen LogP contribution is 2.48. The summed E-state index contributed by atoms with van der Waals surface area (Å²) in [5, 5.41) is 14.9. The highest BCUT2D eigenvalue weighted by molar-refractivity contribution is 7.99. The maximum atomic E-state index is 12.5. The van der Waals surface area contributed by atoms with Crippen molar-refractivity contribution in [2.24, 2.45) is 5.92 Å². The summed E-state index contributed by atoms with van der Waals surface area (Å²) < 4.78 is 0. The number of thioether (sulfide) groups is 1. The molecule has 1 heterocycles. The van der Waals surface area contributed by atoms with Gasteiger partial charge in [0, 0.05) is 11.7 Å². The molecule has 1 amide bonds. The Morgan fingerprint density at radius 2 is 2.09 bits per heavy atom. The molecule has 2 fully saturated rings. The van der Waals surface area contributed by atoms with Crippen LogP contribution in [-0.4, -0.2) is 23.0 Å². The van der Waals surface area contributed by atoms with E-state index in [-0.39, 0.29) is 11.8 Å². The molecule has 116 valence electrons. The van der Waals surface area contributed by atoms with Crippen molar-refractivity contribution < 1.29 is 4.79 Å². The minimum Gasteiger partial charge on any atom is -0.337 e. The molecule has 1 N–H and O–H groups in total. The predicted octanol–water partition coefficient (Wildman–Crippen LogP) is 3.46. The Labute approximate surface area is 140 Å². The van der Waals surface area contributed by atoms with E-state index < -0.39 is 5.54 Å². The number of rotatable bonds is 3. The number of nitrogens with zero attached hydrogens (tertiary/aromatic N) is 1. The van der Waals surface area contributed by atoms with Crippen LogP contribution in [0.4, 0.5) is 0 Å². The van der Waals surface area contributed by atoms with Gasteiger partial charge in [-0.1, -0.05) is 42.5 Å². The zero-order chi connectivity index (χ0) is 15.9. The lowest BCUT2D eigenvalue weighted by atomic mass is 10.00. The van der Waals surface area contributed by atoms with E-state index in [2.05, 4.69) is 41.7 Å². The van der Waals surface area contributed by atoms with Crippen molar-refractivity contribution in [1.29, 1.82) is 5.26 Å². The van der Waals surface area contributed by atoms with Crippen LogP contribution in [-0.2, 0) is 4.79 Å². The fourth-order valence-corrected chi connectivity index (χ4v) is 4.67. The van der Waals surface area contributed by atoms with Crippen molar-refractivity contribution in [1.82, 2.24) is 5.32 Å². The molecule has 1 saturated heterocycles. The van der Waals surface area contributed by atoms with Gasteiger partial charge in [-0.2, -0.15) is 17.0 Å². The molecular weight excluding hydrogens is 304 g/mol. The monoisotopic (exact) mass is 322 g/mol. The largest absolute Gasteiger partial charge is 0.337 e. The fraction of sp³-hybridized carbons (Fsp3) is 0.368. The van der Waals surface area contributed by atoms with Crippen LogP contribution in [0.1, 0.15) is 24.3 Å². The summed E-state index contributed by atoms with van der Waals surface area (Å²) in [6.45, 7) is 0. The number of fused-ring (bicyclic) bond motifs is 1. The molecule has 0 bridgehead atoms. The standard InChI is InChI=1S/C19H18N2OS/c20-11-19(7-8-23-12-19)21-18(22)17-10-16(17)15-6-5-13-3-1-2-4-14(13)9-15/h1-6,9,16-17H,7-8,10,12H2,(H,21,22)/t16-,17-,19+/m0/s1. The van der Waals surface area contributed by atoms with E-state index >= 15 is 0 Å². The second-order valence-corrected chi connectivity index (χ2v) is 7.65. The van der Waals surface area contributed by atoms with Crippen molar-refractivity contribution in [3.8, 4) is 6.07 Å². The maximum Gasteiger partial charge on any atom is 0.225 e. The Hall–Kier alpha value is -1.99. The number of hydrogen-bond donors (Lipinski definition) is 1. The molecule has 2 aliphatic rings. The first kappa shape index (κ1) is 14.6. The third kappa shape index (κ3) is 2.70. The van der Waals surface area contributed by atoms with Gasteiger partial charge in [0.25, 0.3) is 0 Å². The first-order valence-corrected chi connectivity index (χ1v) is 9.16. The minimum atomic E-state index is -0.641. The Kier molecular flexibility index (Phi) is 3.54. The molecule has 1 aliphatic carbocycles. The predicted molar refractivity (Wildman–Crippen MR) is 93.2 cm³/mol. The number of benzene rings is 2. The number of nitriles is 1. The molecule has 3 nitrogen and oxygen atoms in total. The average Bonchev–Trinajstić information content (AvgIpc) is 3.27. The topological polar surface area (TPSA) is 52.9 Å². The highest BCUT2D eigenvalue weighted by atomic mass is 32.2. The van der Waals surface area contributed by atoms with Crippen molar-refractivity contribution in [3.05, 3.63) is 48.0 Å². The Morgan fingerprint density at radius 1 is 1.26 bits per heavy atom. The second-order valence-electron chi connectivity index (χ2n) is 6.54. The third-order valence-electron chi connectivity index (χ3n) is 4.93. The quantitative estimate of drug-likeness (QED) is 0.941. The molecule has 0 spiro atoms. The van der Waals surface area contributed by atoms with Crippen LogP contribution in [0.5, 0.6) is 0 Å². The molecule has 0 unspecified atom stereocenters. The molecular formula is C19H18N2OS. The Bertz CT molecular complexity index is 804. The summed E-state index contributed by atoms with van der Waals surface area (Å²) in [6.07, 6.45) is 1.64. The van der Waals surface area contributed by atoms with Gasteiger partial charge < -0.3 is 5.32 Å². The third-order valence-corrected chi connectivity index (χ3v) is 6.12. The van der Waals surface area contributed by atoms with Crippen molar-refractivity contribution in [2.45, 2.75) is 24.3 Å². The van der Waals surface area contributed by atoms with Gasteiger partial charge in [-0.05, 0) is 40.8 Å². The molecule has 23 heavy (non-hydrogen) atoms. The van der Waals surface area contributed by atoms with E-state index in [1.807, 2.05) is 12.1 Å². The average molecular weight is 322 g/mol. The van der Waals surface area contributed by atoms with Gasteiger partial charge in [0.2, 0.25) is 5.91 Å². The zero-order valence-electron chi connectivity index (χ0n) is 12.8. The lowest BCUT2D eigenvalue weighted by Gasteiger charge is -2.21. The van der Waals surface area contributed by atoms with Crippen molar-refractivity contribution in [2.75, 3.05) is 11.5 Å². The normalized spacial score (nSPS) is 29.2. The van der Waals surface area contributed by atoms with Crippen LogP contribution < -0.4 is 5.32 Å². The summed E-state index contributed by atoms with van der Waals surface area (Å²) in [5.74, 6) is 2.03. The molecule has 2 aromatic rings. The minimum absolute atomic E-state index is 0.0204. The number of carbonyl (C=O) groups excluding carboxylic acids is 1. The van der Waals surface area contributed by atoms with Crippen LogP contribution in [0.25, 0.3) is 10.8 Å². The van der Waals surface area contributed by atoms with Gasteiger partial charge in [0.1, 0.15) is 5.54 Å². The molecule has 1 saturated carbocycles. The van der Waals surface area contributed by atoms with Crippen LogP contribution in [0.15, 0.2) is 42.5 Å². The lowest BCUT2D eigenvalue weighted by molar-refractivity contribution is -0.123. The maximum absolute atomic E-state index is 12.5. The first-order valence-electron chi connectivity index (χ1n) is 8.00. The van der Waals surface area contributed by atoms with E-state index in [1.54, 1.807) is 11.8 Å². The Morgan fingerprint density at radius 3 is 2.83 bits per heavy atom. The van der Waals surface area contributed by atoms with Crippen molar-refractivity contribution >= 4 is 28.4 Å². The van der Waals surface area contributed by atoms with Gasteiger partial charge in [-0.3, -0.25) is 4.79 Å². The molecule has 0 radical (unpaired) electrons. The molecule has 3 atom stereocenters. The van der Waals surface area contributed by atoms with Gasteiger partial charge in [-0.25, -0.2) is 0 Å². The van der Waals surface area contributed by atoms with Crippen LogP contribution in [0.3, 0.4) is 0 Å². The van der Waals surface area contributed by atoms with Gasteiger partial charge in [0.15, 0.2) is 0 Å². The summed E-state index contributed by atoms with van der Waals surface area (Å²) in [7, 11) is 0. The van der Waals surface area contributed by atoms with E-state index in [9.17, 15) is 10.1 Å². The highest BCUT2D eigenvalue weighted by Gasteiger charge is 2.47. The van der Waals surface area contributed by atoms with E-state index in [0.29, 0.717) is 11.7 Å². The molecule has 0 aromatic heterocycles. The number of nitrogens with one attached hydrogen (secondary N) is 1. The summed E-state index contributed by atoms with van der Waals surface area (Å²) in [6, 6.07) is 17.1. The summed E-state index contributed by atoms with van der Waals surface area (Å²) >= 11 is 1.74. The van der Waals surface area contributed by atoms with Gasteiger partial charge in [-0.15, -0.1) is 0 Å². The number of hydrogen-bond acceptors (Lipinski definition) is 3. The smallest absolute Gasteiger partial charge is 0.225 e. The van der Waals surface area contributed by atoms with Gasteiger partial charge in [0.05, 0.1) is 6.07 Å². The van der Waals surface area contributed by atoms with Gasteiger partial charge >= 0.3 is 0 Å². The molecule has 4 rings (SSSR count). The van der Waals surface area contributed by atoms with Crippen molar-refractivity contribution in [3.63, 3.8) is 0 Å². The first-order chi connectivity index (χ1) is 11.2. The fourth-order valence-electron chi connectivity index (χ4n) is 3.40. The van der Waals surface area contributed by atoms with E-state index in [1.165, 1.54) is 16.3 Å². The lowest BCUT2D eigenvalue weighted by Crippen LogP contribution is -2.48. The molecule has 1 aliphatic heterocycles. The zero-order valence-corrected chi connectivity index (χ0v) is 13.6. The van der Waals surface area contributed by atoms with E-state index in [4.69, 9.17) is 0 Å². The number of amides is 1.